The highest BCUT2D eigenvalue weighted by Gasteiger charge is 2.30. The predicted octanol–water partition coefficient (Wildman–Crippen LogP) is 0.923. The zero-order valence-electron chi connectivity index (χ0n) is 12.9. The molecule has 1 aromatic rings. The molecule has 2 aliphatic rings. The molecule has 0 spiro atoms. The second kappa shape index (κ2) is 7.39. The lowest BCUT2D eigenvalue weighted by Crippen LogP contribution is -2.40. The summed E-state index contributed by atoms with van der Waals surface area (Å²) in [4.78, 5) is 12.1. The minimum Gasteiger partial charge on any atom is -0.373 e. The van der Waals surface area contributed by atoms with Crippen LogP contribution in [0.5, 0.6) is 0 Å². The van der Waals surface area contributed by atoms with Crippen molar-refractivity contribution in [3.8, 4) is 0 Å². The Hall–Kier alpha value is -1.18. The smallest absolute Gasteiger partial charge is 0.273 e. The summed E-state index contributed by atoms with van der Waals surface area (Å²) >= 11 is 0. The summed E-state index contributed by atoms with van der Waals surface area (Å²) < 4.78 is 7.49. The largest absolute Gasteiger partial charge is 0.373 e. The third-order valence-corrected chi connectivity index (χ3v) is 4.35. The van der Waals surface area contributed by atoms with Gasteiger partial charge in [0.25, 0.3) is 5.91 Å². The zero-order chi connectivity index (χ0) is 14.7. The molecule has 0 radical (unpaired) electrons. The molecule has 0 aliphatic carbocycles. The SMILES string of the molecule is CC1(CNC(=O)c2cn(C3CCNCC3)nn2)CCCO1.Cl. The van der Waals surface area contributed by atoms with Crippen molar-refractivity contribution in [2.24, 2.45) is 0 Å². The highest BCUT2D eigenvalue weighted by atomic mass is 35.5. The molecule has 8 heteroatoms. The molecule has 2 saturated heterocycles. The van der Waals surface area contributed by atoms with Gasteiger partial charge in [0, 0.05) is 13.2 Å². The number of amides is 1. The molecule has 3 rings (SSSR count). The van der Waals surface area contributed by atoms with E-state index < -0.39 is 0 Å². The van der Waals surface area contributed by atoms with Gasteiger partial charge < -0.3 is 15.4 Å². The Morgan fingerprint density at radius 2 is 2.32 bits per heavy atom. The Morgan fingerprint density at radius 3 is 3.00 bits per heavy atom. The Kier molecular flexibility index (Phi) is 5.77. The van der Waals surface area contributed by atoms with E-state index in [-0.39, 0.29) is 23.9 Å². The van der Waals surface area contributed by atoms with Crippen LogP contribution in [0.2, 0.25) is 0 Å². The summed E-state index contributed by atoms with van der Waals surface area (Å²) in [6.45, 7) is 5.31. The van der Waals surface area contributed by atoms with Crippen molar-refractivity contribution in [2.45, 2.75) is 44.2 Å². The van der Waals surface area contributed by atoms with Crippen LogP contribution in [0.3, 0.4) is 0 Å². The molecule has 1 aromatic heterocycles. The lowest BCUT2D eigenvalue weighted by molar-refractivity contribution is 0.0205. The quantitative estimate of drug-likeness (QED) is 0.858. The number of aromatic nitrogens is 3. The number of hydrogen-bond acceptors (Lipinski definition) is 5. The molecule has 2 N–H and O–H groups in total. The van der Waals surface area contributed by atoms with Crippen molar-refractivity contribution in [2.75, 3.05) is 26.2 Å². The molecule has 1 atom stereocenters. The maximum Gasteiger partial charge on any atom is 0.273 e. The number of rotatable bonds is 4. The van der Waals surface area contributed by atoms with E-state index in [1.807, 2.05) is 11.6 Å². The van der Waals surface area contributed by atoms with Crippen LogP contribution in [-0.2, 0) is 4.74 Å². The number of carbonyl (C=O) groups is 1. The van der Waals surface area contributed by atoms with E-state index in [9.17, 15) is 4.79 Å². The van der Waals surface area contributed by atoms with E-state index in [1.165, 1.54) is 0 Å². The number of piperidine rings is 1. The highest BCUT2D eigenvalue weighted by molar-refractivity contribution is 5.91. The number of halogens is 1. The highest BCUT2D eigenvalue weighted by Crippen LogP contribution is 2.24. The molecule has 3 heterocycles. The first-order valence-corrected chi connectivity index (χ1v) is 7.71. The van der Waals surface area contributed by atoms with Gasteiger partial charge in [-0.15, -0.1) is 17.5 Å². The molecular weight excluding hydrogens is 306 g/mol. The molecule has 22 heavy (non-hydrogen) atoms. The van der Waals surface area contributed by atoms with Gasteiger partial charge in [-0.1, -0.05) is 5.21 Å². The maximum atomic E-state index is 12.1. The van der Waals surface area contributed by atoms with E-state index in [0.29, 0.717) is 18.3 Å². The molecular formula is C14H24ClN5O2. The van der Waals surface area contributed by atoms with Gasteiger partial charge in [-0.3, -0.25) is 4.79 Å². The molecule has 0 bridgehead atoms. The van der Waals surface area contributed by atoms with E-state index in [2.05, 4.69) is 20.9 Å². The molecule has 0 aromatic carbocycles. The second-order valence-corrected chi connectivity index (χ2v) is 6.15. The summed E-state index contributed by atoms with van der Waals surface area (Å²) in [7, 11) is 0. The minimum absolute atomic E-state index is 0. The Morgan fingerprint density at radius 1 is 1.55 bits per heavy atom. The summed E-state index contributed by atoms with van der Waals surface area (Å²) in [6, 6.07) is 0.344. The molecule has 0 saturated carbocycles. The summed E-state index contributed by atoms with van der Waals surface area (Å²) in [5.41, 5.74) is 0.149. The van der Waals surface area contributed by atoms with Gasteiger partial charge >= 0.3 is 0 Å². The first-order chi connectivity index (χ1) is 10.2. The lowest BCUT2D eigenvalue weighted by atomic mass is 10.0. The molecule has 1 amide bonds. The molecule has 2 aliphatic heterocycles. The lowest BCUT2D eigenvalue weighted by Gasteiger charge is -2.23. The zero-order valence-corrected chi connectivity index (χ0v) is 13.7. The van der Waals surface area contributed by atoms with Crippen molar-refractivity contribution in [1.29, 1.82) is 0 Å². The number of nitrogens with one attached hydrogen (secondary N) is 2. The summed E-state index contributed by atoms with van der Waals surface area (Å²) in [5, 5.41) is 14.3. The Balaban J connectivity index is 0.00000176. The monoisotopic (exact) mass is 329 g/mol. The van der Waals surface area contributed by atoms with Gasteiger partial charge in [-0.05, 0) is 45.7 Å². The van der Waals surface area contributed by atoms with E-state index in [1.54, 1.807) is 6.20 Å². The van der Waals surface area contributed by atoms with Crippen LogP contribution in [0.15, 0.2) is 6.20 Å². The molecule has 7 nitrogen and oxygen atoms in total. The van der Waals surface area contributed by atoms with Crippen molar-refractivity contribution in [3.63, 3.8) is 0 Å². The van der Waals surface area contributed by atoms with Gasteiger partial charge in [0.2, 0.25) is 0 Å². The number of hydrogen-bond donors (Lipinski definition) is 2. The van der Waals surface area contributed by atoms with Crippen LogP contribution >= 0.6 is 12.4 Å². The topological polar surface area (TPSA) is 81.1 Å². The van der Waals surface area contributed by atoms with Crippen LogP contribution in [0.25, 0.3) is 0 Å². The minimum atomic E-state index is -0.235. The third kappa shape index (κ3) is 3.97. The Labute approximate surface area is 136 Å². The maximum absolute atomic E-state index is 12.1. The van der Waals surface area contributed by atoms with E-state index in [0.717, 1.165) is 45.4 Å². The van der Waals surface area contributed by atoms with Crippen LogP contribution in [-0.4, -0.2) is 52.7 Å². The fourth-order valence-corrected chi connectivity index (χ4v) is 2.96. The standard InChI is InChI=1S/C14H23N5O2.ClH/c1-14(5-2-8-21-14)10-16-13(20)12-9-19(18-17-12)11-3-6-15-7-4-11;/h9,11,15H,2-8,10H2,1H3,(H,16,20);1H. The van der Waals surface area contributed by atoms with Crippen molar-refractivity contribution >= 4 is 18.3 Å². The summed E-state index contributed by atoms with van der Waals surface area (Å²) in [5.74, 6) is -0.174. The van der Waals surface area contributed by atoms with E-state index in [4.69, 9.17) is 4.74 Å². The van der Waals surface area contributed by atoms with Crippen LogP contribution in [0, 0.1) is 0 Å². The van der Waals surface area contributed by atoms with Gasteiger partial charge in [0.15, 0.2) is 5.69 Å². The number of ether oxygens (including phenoxy) is 1. The number of nitrogens with zero attached hydrogens (tertiary/aromatic N) is 3. The first kappa shape index (κ1) is 17.2. The van der Waals surface area contributed by atoms with Crippen molar-refractivity contribution in [1.82, 2.24) is 25.6 Å². The second-order valence-electron chi connectivity index (χ2n) is 6.15. The Bertz CT molecular complexity index is 495. The predicted molar refractivity (Wildman–Crippen MR) is 84.3 cm³/mol. The molecule has 124 valence electrons. The van der Waals surface area contributed by atoms with Crippen LogP contribution in [0.4, 0.5) is 0 Å². The summed E-state index contributed by atoms with van der Waals surface area (Å²) in [6.07, 6.45) is 5.84. The van der Waals surface area contributed by atoms with Crippen LogP contribution < -0.4 is 10.6 Å². The van der Waals surface area contributed by atoms with Crippen molar-refractivity contribution < 1.29 is 9.53 Å². The molecule has 2 fully saturated rings. The van der Waals surface area contributed by atoms with Gasteiger partial charge in [-0.2, -0.15) is 0 Å². The van der Waals surface area contributed by atoms with E-state index >= 15 is 0 Å². The molecule has 1 unspecified atom stereocenters. The van der Waals surface area contributed by atoms with Gasteiger partial charge in [0.05, 0.1) is 17.8 Å². The fraction of sp³-hybridized carbons (Fsp3) is 0.786. The first-order valence-electron chi connectivity index (χ1n) is 7.71. The van der Waals surface area contributed by atoms with Gasteiger partial charge in [0.1, 0.15) is 0 Å². The third-order valence-electron chi connectivity index (χ3n) is 4.35. The average molecular weight is 330 g/mol. The van der Waals surface area contributed by atoms with Crippen molar-refractivity contribution in [3.05, 3.63) is 11.9 Å². The fourth-order valence-electron chi connectivity index (χ4n) is 2.96. The number of carbonyl (C=O) groups excluding carboxylic acids is 1. The van der Waals surface area contributed by atoms with Crippen LogP contribution in [0.1, 0.15) is 49.1 Å². The van der Waals surface area contributed by atoms with Gasteiger partial charge in [-0.25, -0.2) is 4.68 Å². The average Bonchev–Trinajstić information content (AvgIpc) is 3.16. The normalized spacial score (nSPS) is 25.7.